The number of benzene rings is 1. The third-order valence-electron chi connectivity index (χ3n) is 2.62. The molecular weight excluding hydrogens is 256 g/mol. The van der Waals surface area contributed by atoms with Crippen molar-refractivity contribution < 1.29 is 9.90 Å². The SMILES string of the molecule is CC/C(=N\NC(=O)c1cnccn1)c1ccc(O)cc1. The zero-order chi connectivity index (χ0) is 14.4. The van der Waals surface area contributed by atoms with E-state index in [1.165, 1.54) is 18.6 Å². The van der Waals surface area contributed by atoms with E-state index in [1.54, 1.807) is 24.3 Å². The molecule has 20 heavy (non-hydrogen) atoms. The number of hydrogen-bond donors (Lipinski definition) is 2. The third kappa shape index (κ3) is 3.38. The number of rotatable bonds is 4. The van der Waals surface area contributed by atoms with Crippen molar-refractivity contribution in [2.75, 3.05) is 0 Å². The minimum absolute atomic E-state index is 0.188. The maximum Gasteiger partial charge on any atom is 0.291 e. The second-order valence-corrected chi connectivity index (χ2v) is 3.99. The van der Waals surface area contributed by atoms with Crippen LogP contribution in [0.5, 0.6) is 5.75 Å². The van der Waals surface area contributed by atoms with Crippen LogP contribution in [0.15, 0.2) is 48.0 Å². The Labute approximate surface area is 116 Å². The lowest BCUT2D eigenvalue weighted by Gasteiger charge is -2.05. The molecule has 102 valence electrons. The molecule has 0 saturated carbocycles. The molecule has 2 aromatic rings. The van der Waals surface area contributed by atoms with E-state index in [2.05, 4.69) is 20.5 Å². The first kappa shape index (κ1) is 13.7. The number of phenols is 1. The smallest absolute Gasteiger partial charge is 0.291 e. The summed E-state index contributed by atoms with van der Waals surface area (Å²) < 4.78 is 0. The number of hydrogen-bond acceptors (Lipinski definition) is 5. The van der Waals surface area contributed by atoms with Crippen LogP contribution < -0.4 is 5.43 Å². The van der Waals surface area contributed by atoms with Crippen molar-refractivity contribution in [3.05, 3.63) is 54.1 Å². The van der Waals surface area contributed by atoms with E-state index in [1.807, 2.05) is 6.92 Å². The molecule has 2 rings (SSSR count). The van der Waals surface area contributed by atoms with Crippen LogP contribution in [-0.2, 0) is 0 Å². The Morgan fingerprint density at radius 1 is 1.30 bits per heavy atom. The average molecular weight is 270 g/mol. The summed E-state index contributed by atoms with van der Waals surface area (Å²) in [5.41, 5.74) is 4.20. The van der Waals surface area contributed by atoms with Gasteiger partial charge in [-0.05, 0) is 36.2 Å². The summed E-state index contributed by atoms with van der Waals surface area (Å²) in [4.78, 5) is 19.5. The van der Waals surface area contributed by atoms with Gasteiger partial charge in [-0.15, -0.1) is 0 Å². The van der Waals surface area contributed by atoms with Crippen LogP contribution in [0, 0.1) is 0 Å². The second-order valence-electron chi connectivity index (χ2n) is 3.99. The van der Waals surface area contributed by atoms with Crippen LogP contribution in [0.4, 0.5) is 0 Å². The summed E-state index contributed by atoms with van der Waals surface area (Å²) in [6, 6.07) is 6.63. The lowest BCUT2D eigenvalue weighted by molar-refractivity contribution is 0.0949. The van der Waals surface area contributed by atoms with Crippen molar-refractivity contribution >= 4 is 11.6 Å². The van der Waals surface area contributed by atoms with Gasteiger partial charge in [-0.25, -0.2) is 10.4 Å². The van der Waals surface area contributed by atoms with Crippen LogP contribution in [0.3, 0.4) is 0 Å². The standard InChI is InChI=1S/C14H14N4O2/c1-2-12(10-3-5-11(19)6-4-10)17-18-14(20)13-9-15-7-8-16-13/h3-9,19H,2H2,1H3,(H,18,20)/b17-12+. The first-order valence-electron chi connectivity index (χ1n) is 6.13. The van der Waals surface area contributed by atoms with Crippen molar-refractivity contribution in [1.82, 2.24) is 15.4 Å². The maximum atomic E-state index is 11.8. The van der Waals surface area contributed by atoms with Gasteiger partial charge in [0.2, 0.25) is 0 Å². The van der Waals surface area contributed by atoms with Gasteiger partial charge in [-0.3, -0.25) is 9.78 Å². The highest BCUT2D eigenvalue weighted by Crippen LogP contribution is 2.11. The van der Waals surface area contributed by atoms with Gasteiger partial charge in [-0.2, -0.15) is 5.10 Å². The van der Waals surface area contributed by atoms with E-state index in [4.69, 9.17) is 0 Å². The van der Waals surface area contributed by atoms with E-state index in [0.717, 1.165) is 5.56 Å². The van der Waals surface area contributed by atoms with Crippen molar-refractivity contribution in [3.8, 4) is 5.75 Å². The van der Waals surface area contributed by atoms with E-state index >= 15 is 0 Å². The molecule has 0 unspecified atom stereocenters. The number of aromatic nitrogens is 2. The molecule has 1 amide bonds. The topological polar surface area (TPSA) is 87.5 Å². The molecule has 0 aliphatic carbocycles. The van der Waals surface area contributed by atoms with E-state index in [9.17, 15) is 9.90 Å². The molecule has 0 saturated heterocycles. The highest BCUT2D eigenvalue weighted by molar-refractivity contribution is 6.01. The minimum atomic E-state index is -0.414. The number of aromatic hydroxyl groups is 1. The number of amides is 1. The fraction of sp³-hybridized carbons (Fsp3) is 0.143. The molecule has 0 fully saturated rings. The van der Waals surface area contributed by atoms with Gasteiger partial charge in [0.05, 0.1) is 11.9 Å². The monoisotopic (exact) mass is 270 g/mol. The molecule has 6 nitrogen and oxygen atoms in total. The van der Waals surface area contributed by atoms with Crippen LogP contribution in [0.2, 0.25) is 0 Å². The van der Waals surface area contributed by atoms with Gasteiger partial charge in [-0.1, -0.05) is 6.92 Å². The van der Waals surface area contributed by atoms with Crippen molar-refractivity contribution in [2.24, 2.45) is 5.10 Å². The first-order chi connectivity index (χ1) is 9.70. The molecule has 0 aliphatic rings. The van der Waals surface area contributed by atoms with Crippen molar-refractivity contribution in [3.63, 3.8) is 0 Å². The summed E-state index contributed by atoms with van der Waals surface area (Å²) >= 11 is 0. The fourth-order valence-electron chi connectivity index (χ4n) is 1.59. The zero-order valence-corrected chi connectivity index (χ0v) is 10.9. The second kappa shape index (κ2) is 6.42. The Bertz CT molecular complexity index is 609. The van der Waals surface area contributed by atoms with Crippen LogP contribution in [0.25, 0.3) is 0 Å². The van der Waals surface area contributed by atoms with E-state index < -0.39 is 5.91 Å². The molecule has 1 aromatic carbocycles. The molecule has 0 atom stereocenters. The number of hydrazone groups is 1. The summed E-state index contributed by atoms with van der Waals surface area (Å²) in [7, 11) is 0. The first-order valence-corrected chi connectivity index (χ1v) is 6.13. The lowest BCUT2D eigenvalue weighted by Crippen LogP contribution is -2.21. The normalized spacial score (nSPS) is 11.2. The van der Waals surface area contributed by atoms with Crippen molar-refractivity contribution in [1.29, 1.82) is 0 Å². The van der Waals surface area contributed by atoms with Gasteiger partial charge >= 0.3 is 0 Å². The third-order valence-corrected chi connectivity index (χ3v) is 2.62. The Hall–Kier alpha value is -2.76. The van der Waals surface area contributed by atoms with Crippen LogP contribution >= 0.6 is 0 Å². The Kier molecular flexibility index (Phi) is 4.39. The number of carbonyl (C=O) groups excluding carboxylic acids is 1. The highest BCUT2D eigenvalue weighted by Gasteiger charge is 2.07. The number of nitrogens with one attached hydrogen (secondary N) is 1. The highest BCUT2D eigenvalue weighted by atomic mass is 16.3. The van der Waals surface area contributed by atoms with Gasteiger partial charge in [0.15, 0.2) is 0 Å². The largest absolute Gasteiger partial charge is 0.508 e. The summed E-state index contributed by atoms with van der Waals surface area (Å²) in [6.45, 7) is 1.93. The Morgan fingerprint density at radius 2 is 2.05 bits per heavy atom. The van der Waals surface area contributed by atoms with E-state index in [-0.39, 0.29) is 11.4 Å². The van der Waals surface area contributed by atoms with Gasteiger partial charge in [0.25, 0.3) is 5.91 Å². The molecule has 6 heteroatoms. The molecule has 1 heterocycles. The van der Waals surface area contributed by atoms with Crippen molar-refractivity contribution in [2.45, 2.75) is 13.3 Å². The molecule has 0 bridgehead atoms. The quantitative estimate of drug-likeness (QED) is 0.654. The minimum Gasteiger partial charge on any atom is -0.508 e. The summed E-state index contributed by atoms with van der Waals surface area (Å²) in [6.07, 6.45) is 4.95. The predicted molar refractivity (Wildman–Crippen MR) is 74.4 cm³/mol. The average Bonchev–Trinajstić information content (AvgIpc) is 2.50. The lowest BCUT2D eigenvalue weighted by atomic mass is 10.1. The molecule has 1 aromatic heterocycles. The number of carbonyl (C=O) groups is 1. The Morgan fingerprint density at radius 3 is 2.65 bits per heavy atom. The fourth-order valence-corrected chi connectivity index (χ4v) is 1.59. The summed E-state index contributed by atoms with van der Waals surface area (Å²) in [5, 5.41) is 13.3. The molecule has 0 aliphatic heterocycles. The summed E-state index contributed by atoms with van der Waals surface area (Å²) in [5.74, 6) is -0.226. The maximum absolute atomic E-state index is 11.8. The van der Waals surface area contributed by atoms with Crippen LogP contribution in [0.1, 0.15) is 29.4 Å². The van der Waals surface area contributed by atoms with Crippen LogP contribution in [-0.4, -0.2) is 26.7 Å². The molecule has 0 radical (unpaired) electrons. The van der Waals surface area contributed by atoms with Gasteiger partial charge in [0, 0.05) is 12.4 Å². The molecule has 0 spiro atoms. The van der Waals surface area contributed by atoms with E-state index in [0.29, 0.717) is 12.1 Å². The number of phenolic OH excluding ortho intramolecular Hbond substituents is 1. The molecular formula is C14H14N4O2. The Balaban J connectivity index is 2.12. The van der Waals surface area contributed by atoms with Gasteiger partial charge in [0.1, 0.15) is 11.4 Å². The van der Waals surface area contributed by atoms with Gasteiger partial charge < -0.3 is 5.11 Å². The number of nitrogens with zero attached hydrogens (tertiary/aromatic N) is 3. The molecule has 2 N–H and O–H groups in total. The predicted octanol–water partition coefficient (Wildman–Crippen LogP) is 1.73. The zero-order valence-electron chi connectivity index (χ0n) is 10.9.